The average Bonchev–Trinajstić information content (AvgIpc) is 3.04. The van der Waals surface area contributed by atoms with Crippen molar-refractivity contribution in [2.75, 3.05) is 39.6 Å². The number of aliphatic carboxylic acids is 5. The quantitative estimate of drug-likeness (QED) is 0.0498. The second kappa shape index (κ2) is 19.9. The van der Waals surface area contributed by atoms with E-state index in [4.69, 9.17) is 4.74 Å². The second-order valence-corrected chi connectivity index (χ2v) is 11.5. The van der Waals surface area contributed by atoms with Gasteiger partial charge in [-0.1, -0.05) is 36.5 Å². The number of allylic oxidation sites excluding steroid dienone is 6. The first-order valence-corrected chi connectivity index (χ1v) is 14.8. The summed E-state index contributed by atoms with van der Waals surface area (Å²) in [6.45, 7) is -2.07. The minimum absolute atomic E-state index is 0.414. The molecule has 0 radical (unpaired) electrons. The van der Waals surface area contributed by atoms with E-state index in [-0.39, 0.29) is 0 Å². The van der Waals surface area contributed by atoms with E-state index in [1.165, 1.54) is 0 Å². The average molecular weight is 713 g/mol. The zero-order valence-electron chi connectivity index (χ0n) is 27.7. The maximum Gasteiger partial charge on any atom is 0.333 e. The fourth-order valence-electron chi connectivity index (χ4n) is 5.29. The van der Waals surface area contributed by atoms with Crippen molar-refractivity contribution in [3.63, 3.8) is 0 Å². The molecule has 0 spiro atoms. The van der Waals surface area contributed by atoms with Crippen LogP contribution in [0.4, 0.5) is 0 Å². The zero-order valence-corrected chi connectivity index (χ0v) is 27.7. The maximum absolute atomic E-state index is 13.6. The molecule has 0 bridgehead atoms. The van der Waals surface area contributed by atoms with Gasteiger partial charge in [0.1, 0.15) is 6.61 Å². The molecule has 0 aromatic rings. The zero-order chi connectivity index (χ0) is 38.9. The normalized spacial score (nSPS) is 16.9. The third kappa shape index (κ3) is 11.6. The summed E-state index contributed by atoms with van der Waals surface area (Å²) >= 11 is 0. The summed E-state index contributed by atoms with van der Waals surface area (Å²) in [5, 5.41) is 98.7. The van der Waals surface area contributed by atoms with Crippen molar-refractivity contribution in [3.05, 3.63) is 71.4 Å². The number of hydrogen-bond donors (Lipinski definition) is 10. The number of esters is 1. The molecule has 1 unspecified atom stereocenters. The monoisotopic (exact) mass is 712 g/mol. The summed E-state index contributed by atoms with van der Waals surface area (Å²) in [4.78, 5) is 71.9. The minimum Gasteiger partial charge on any atom is -0.478 e. The van der Waals surface area contributed by atoms with Gasteiger partial charge in [-0.2, -0.15) is 0 Å². The van der Waals surface area contributed by atoms with Crippen LogP contribution in [0.3, 0.4) is 0 Å². The molecular formula is C33H44O17. The van der Waals surface area contributed by atoms with Gasteiger partial charge in [0.05, 0.1) is 19.8 Å². The number of carboxylic acid groups (broad SMARTS) is 5. The molecule has 17 heteroatoms. The molecule has 1 atom stereocenters. The summed E-state index contributed by atoms with van der Waals surface area (Å²) in [5.41, 5.74) is -9.51. The topological polar surface area (TPSA) is 314 Å². The van der Waals surface area contributed by atoms with E-state index < -0.39 is 127 Å². The summed E-state index contributed by atoms with van der Waals surface area (Å²) in [6.07, 6.45) is 5.97. The van der Waals surface area contributed by atoms with Crippen molar-refractivity contribution in [1.82, 2.24) is 0 Å². The van der Waals surface area contributed by atoms with Crippen LogP contribution < -0.4 is 0 Å². The highest BCUT2D eigenvalue weighted by Crippen LogP contribution is 2.49. The van der Waals surface area contributed by atoms with Crippen LogP contribution in [0.5, 0.6) is 0 Å². The van der Waals surface area contributed by atoms with Crippen LogP contribution in [-0.4, -0.2) is 127 Å². The van der Waals surface area contributed by atoms with Gasteiger partial charge < -0.3 is 55.8 Å². The lowest BCUT2D eigenvalue weighted by Gasteiger charge is -2.45. The van der Waals surface area contributed by atoms with E-state index in [0.717, 1.165) is 57.2 Å². The highest BCUT2D eigenvalue weighted by Gasteiger charge is 2.49. The summed E-state index contributed by atoms with van der Waals surface area (Å²) in [6, 6.07) is 0. The molecule has 0 aliphatic carbocycles. The lowest BCUT2D eigenvalue weighted by molar-refractivity contribution is -0.147. The van der Waals surface area contributed by atoms with Crippen LogP contribution in [0.15, 0.2) is 71.4 Å². The summed E-state index contributed by atoms with van der Waals surface area (Å²) < 4.78 is 5.46. The minimum atomic E-state index is -2.16. The first-order chi connectivity index (χ1) is 23.2. The third-order valence-corrected chi connectivity index (χ3v) is 8.27. The Morgan fingerprint density at radius 3 is 1.16 bits per heavy atom. The van der Waals surface area contributed by atoms with Crippen molar-refractivity contribution in [1.29, 1.82) is 0 Å². The van der Waals surface area contributed by atoms with Crippen molar-refractivity contribution in [2.24, 2.45) is 21.7 Å². The lowest BCUT2D eigenvalue weighted by Crippen LogP contribution is -2.47. The second-order valence-electron chi connectivity index (χ2n) is 11.5. The largest absolute Gasteiger partial charge is 0.478 e. The van der Waals surface area contributed by atoms with Crippen LogP contribution in [-0.2, 0) is 33.5 Å². The Kier molecular flexibility index (Phi) is 17.9. The molecule has 0 aromatic heterocycles. The Balaban J connectivity index is 7.85. The standard InChI is InChI=1S/C33H44O17/c1-21(27(45)46)14-33(15-22(2)28(47)48,31(17-36,18-37)10-12-34)16-23(3)29(49)50-20-32(19-38,11-13-35)30(7-4-24(39)40,8-5-25(41)42)9-6-26(43)44/h4-9,14-16,34-38H,10-13,17-20H2,1-3H3,(H,39,40)(H,41,42)(H,43,44)(H,45,46)(H,47,48). The van der Waals surface area contributed by atoms with Crippen LogP contribution in [0.25, 0.3) is 0 Å². The van der Waals surface area contributed by atoms with Crippen LogP contribution in [0.2, 0.25) is 0 Å². The molecule has 0 amide bonds. The number of aliphatic hydroxyl groups is 5. The molecular weight excluding hydrogens is 668 g/mol. The number of carbonyl (C=O) groups is 6. The lowest BCUT2D eigenvalue weighted by atomic mass is 9.60. The van der Waals surface area contributed by atoms with Gasteiger partial charge >= 0.3 is 35.8 Å². The number of ether oxygens (including phenoxy) is 1. The predicted octanol–water partition coefficient (Wildman–Crippen LogP) is 0.147. The van der Waals surface area contributed by atoms with Gasteiger partial charge in [0, 0.05) is 69.8 Å². The van der Waals surface area contributed by atoms with Gasteiger partial charge in [-0.3, -0.25) is 0 Å². The Hall–Kier alpha value is -4.94. The van der Waals surface area contributed by atoms with Crippen LogP contribution in [0, 0.1) is 21.7 Å². The Morgan fingerprint density at radius 1 is 0.520 bits per heavy atom. The molecule has 0 saturated carbocycles. The van der Waals surface area contributed by atoms with Gasteiger partial charge in [-0.15, -0.1) is 0 Å². The van der Waals surface area contributed by atoms with Gasteiger partial charge in [-0.05, 0) is 33.6 Å². The molecule has 17 nitrogen and oxygen atoms in total. The Labute approximate surface area is 286 Å². The van der Waals surface area contributed by atoms with E-state index in [0.29, 0.717) is 18.2 Å². The molecule has 0 aromatic carbocycles. The van der Waals surface area contributed by atoms with Crippen LogP contribution >= 0.6 is 0 Å². The molecule has 0 rings (SSSR count). The van der Waals surface area contributed by atoms with E-state index >= 15 is 0 Å². The van der Waals surface area contributed by atoms with E-state index in [1.54, 1.807) is 0 Å². The predicted molar refractivity (Wildman–Crippen MR) is 172 cm³/mol. The van der Waals surface area contributed by atoms with Gasteiger partial charge in [0.25, 0.3) is 0 Å². The molecule has 0 heterocycles. The van der Waals surface area contributed by atoms with Crippen molar-refractivity contribution in [2.45, 2.75) is 33.6 Å². The van der Waals surface area contributed by atoms with Gasteiger partial charge in [-0.25, -0.2) is 28.8 Å². The van der Waals surface area contributed by atoms with Crippen molar-refractivity contribution >= 4 is 35.8 Å². The molecule has 0 aliphatic rings. The number of hydrogen-bond acceptors (Lipinski definition) is 12. The first-order valence-electron chi connectivity index (χ1n) is 14.8. The van der Waals surface area contributed by atoms with E-state index in [2.05, 4.69) is 0 Å². The molecule has 0 aliphatic heterocycles. The fourth-order valence-corrected chi connectivity index (χ4v) is 5.29. The number of aliphatic hydroxyl groups excluding tert-OH is 5. The van der Waals surface area contributed by atoms with Crippen LogP contribution in [0.1, 0.15) is 33.6 Å². The molecule has 278 valence electrons. The molecule has 0 saturated heterocycles. The van der Waals surface area contributed by atoms with Crippen molar-refractivity contribution in [3.8, 4) is 0 Å². The maximum atomic E-state index is 13.6. The molecule has 50 heavy (non-hydrogen) atoms. The van der Waals surface area contributed by atoms with Gasteiger partial charge in [0.15, 0.2) is 0 Å². The number of carboxylic acids is 5. The smallest absolute Gasteiger partial charge is 0.333 e. The summed E-state index contributed by atoms with van der Waals surface area (Å²) in [5.74, 6) is -8.97. The third-order valence-electron chi connectivity index (χ3n) is 8.27. The van der Waals surface area contributed by atoms with Crippen molar-refractivity contribution < 1.29 is 84.6 Å². The Bertz CT molecular complexity index is 1350. The molecule has 0 fully saturated rings. The van der Waals surface area contributed by atoms with E-state index in [1.807, 2.05) is 0 Å². The molecule has 10 N–H and O–H groups in total. The van der Waals surface area contributed by atoms with Gasteiger partial charge in [0.2, 0.25) is 0 Å². The summed E-state index contributed by atoms with van der Waals surface area (Å²) in [7, 11) is 0. The first kappa shape index (κ1) is 45.1. The SMILES string of the molecule is CC(=CC(C=C(C)C(=O)O)(C=C(C)C(=O)OCC(CO)(CCO)C(C=CC(=O)O)(C=CC(=O)O)C=CC(=O)O)C(CO)(CO)CCO)C(=O)O. The Morgan fingerprint density at radius 2 is 0.860 bits per heavy atom. The highest BCUT2D eigenvalue weighted by molar-refractivity contribution is 5.90. The number of carbonyl (C=O) groups excluding carboxylic acids is 1. The highest BCUT2D eigenvalue weighted by atomic mass is 16.5. The van der Waals surface area contributed by atoms with E-state index in [9.17, 15) is 79.8 Å². The fraction of sp³-hybridized carbons (Fsp3) is 0.455. The number of rotatable bonds is 23.